The van der Waals surface area contributed by atoms with Crippen molar-refractivity contribution in [2.75, 3.05) is 12.4 Å². The van der Waals surface area contributed by atoms with Gasteiger partial charge in [-0.1, -0.05) is 24.3 Å². The third-order valence-corrected chi connectivity index (χ3v) is 3.69. The highest BCUT2D eigenvalue weighted by Gasteiger charge is 2.12. The van der Waals surface area contributed by atoms with E-state index in [1.807, 2.05) is 24.3 Å². The van der Waals surface area contributed by atoms with Crippen LogP contribution in [-0.4, -0.2) is 33.7 Å². The number of para-hydroxylation sites is 2. The van der Waals surface area contributed by atoms with Gasteiger partial charge in [-0.3, -0.25) is 4.79 Å². The average molecular weight is 322 g/mol. The second kappa shape index (κ2) is 6.54. The summed E-state index contributed by atoms with van der Waals surface area (Å²) in [4.78, 5) is 32.9. The van der Waals surface area contributed by atoms with E-state index in [0.717, 1.165) is 11.0 Å². The Hall–Kier alpha value is -3.15. The molecule has 24 heavy (non-hydrogen) atoms. The van der Waals surface area contributed by atoms with Crippen LogP contribution in [0, 0.1) is 0 Å². The zero-order valence-corrected chi connectivity index (χ0v) is 13.5. The van der Waals surface area contributed by atoms with Crippen molar-refractivity contribution in [3.8, 4) is 0 Å². The molecule has 0 aliphatic carbocycles. The molecule has 6 nitrogen and oxygen atoms in total. The minimum atomic E-state index is -0.267. The summed E-state index contributed by atoms with van der Waals surface area (Å²) in [6.45, 7) is 1.85. The lowest BCUT2D eigenvalue weighted by Crippen LogP contribution is -2.31. The Bertz CT molecular complexity index is 868. The van der Waals surface area contributed by atoms with E-state index in [4.69, 9.17) is 0 Å². The van der Waals surface area contributed by atoms with E-state index in [2.05, 4.69) is 15.3 Å². The van der Waals surface area contributed by atoms with Crippen molar-refractivity contribution >= 4 is 28.5 Å². The Kier molecular flexibility index (Phi) is 4.29. The van der Waals surface area contributed by atoms with E-state index in [9.17, 15) is 9.59 Å². The number of carbonyl (C=O) groups is 2. The summed E-state index contributed by atoms with van der Waals surface area (Å²) in [6.07, 6.45) is 0. The molecule has 0 bridgehead atoms. The summed E-state index contributed by atoms with van der Waals surface area (Å²) in [5.74, 6) is 0.674. The summed E-state index contributed by atoms with van der Waals surface area (Å²) >= 11 is 0. The fourth-order valence-electron chi connectivity index (χ4n) is 2.41. The summed E-state index contributed by atoms with van der Waals surface area (Å²) in [5, 5.41) is 2.78. The van der Waals surface area contributed by atoms with Gasteiger partial charge in [0.2, 0.25) is 0 Å². The molecule has 0 aliphatic heterocycles. The molecule has 2 N–H and O–H groups in total. The first-order chi connectivity index (χ1) is 11.5. The van der Waals surface area contributed by atoms with Crippen molar-refractivity contribution in [3.63, 3.8) is 0 Å². The van der Waals surface area contributed by atoms with Gasteiger partial charge in [0.05, 0.1) is 17.6 Å². The van der Waals surface area contributed by atoms with Crippen LogP contribution in [0.5, 0.6) is 0 Å². The normalized spacial score (nSPS) is 10.6. The lowest BCUT2D eigenvalue weighted by molar-refractivity contribution is 0.101. The number of fused-ring (bicyclic) bond motifs is 1. The molecule has 0 aliphatic rings. The highest BCUT2D eigenvalue weighted by molar-refractivity contribution is 5.96. The maximum Gasteiger partial charge on any atom is 0.321 e. The number of anilines is 1. The molecule has 1 aromatic heterocycles. The number of aromatic amines is 1. The van der Waals surface area contributed by atoms with Crippen LogP contribution >= 0.6 is 0 Å². The number of carbonyl (C=O) groups excluding carboxylic acids is 2. The van der Waals surface area contributed by atoms with Gasteiger partial charge in [-0.15, -0.1) is 0 Å². The topological polar surface area (TPSA) is 78.1 Å². The van der Waals surface area contributed by atoms with Crippen LogP contribution in [0.25, 0.3) is 11.0 Å². The lowest BCUT2D eigenvalue weighted by Gasteiger charge is -2.17. The quantitative estimate of drug-likeness (QED) is 0.722. The van der Waals surface area contributed by atoms with Crippen LogP contribution in [0.1, 0.15) is 23.1 Å². The SMILES string of the molecule is CC(=O)c1cccc(NC(=O)N(C)Cc2nc3ccccc3[nH]2)c1. The standard InChI is InChI=1S/C18H18N4O2/c1-12(23)13-6-5-7-14(10-13)19-18(24)22(2)11-17-20-15-8-3-4-9-16(15)21-17/h3-10H,11H2,1-2H3,(H,19,24)(H,20,21). The number of hydrogen-bond donors (Lipinski definition) is 2. The maximum atomic E-state index is 12.3. The minimum absolute atomic E-state index is 0.0401. The van der Waals surface area contributed by atoms with Crippen LogP contribution in [0.4, 0.5) is 10.5 Å². The third-order valence-electron chi connectivity index (χ3n) is 3.69. The number of ketones is 1. The monoisotopic (exact) mass is 322 g/mol. The summed E-state index contributed by atoms with van der Waals surface area (Å²) in [7, 11) is 1.69. The Morgan fingerprint density at radius 2 is 1.96 bits per heavy atom. The molecule has 0 saturated heterocycles. The molecular formula is C18H18N4O2. The number of rotatable bonds is 4. The predicted octanol–water partition coefficient (Wildman–Crippen LogP) is 3.43. The van der Waals surface area contributed by atoms with E-state index < -0.39 is 0 Å². The molecule has 3 aromatic rings. The molecule has 0 spiro atoms. The Labute approximate surface area is 139 Å². The number of Topliss-reactive ketones (excluding diaryl/α,β-unsaturated/α-hetero) is 1. The van der Waals surface area contributed by atoms with Crippen molar-refractivity contribution in [2.45, 2.75) is 13.5 Å². The smallest absolute Gasteiger partial charge is 0.321 e. The summed E-state index contributed by atoms with van der Waals surface area (Å²) < 4.78 is 0. The van der Waals surface area contributed by atoms with Crippen molar-refractivity contribution in [2.24, 2.45) is 0 Å². The van der Waals surface area contributed by atoms with Crippen molar-refractivity contribution in [1.82, 2.24) is 14.9 Å². The summed E-state index contributed by atoms with van der Waals surface area (Å²) in [5.41, 5.74) is 2.96. The molecule has 0 saturated carbocycles. The number of benzene rings is 2. The number of aromatic nitrogens is 2. The predicted molar refractivity (Wildman–Crippen MR) is 93.0 cm³/mol. The van der Waals surface area contributed by atoms with E-state index >= 15 is 0 Å². The largest absolute Gasteiger partial charge is 0.340 e. The number of nitrogens with zero attached hydrogens (tertiary/aromatic N) is 2. The van der Waals surface area contributed by atoms with Gasteiger partial charge in [0.15, 0.2) is 5.78 Å². The zero-order chi connectivity index (χ0) is 17.1. The minimum Gasteiger partial charge on any atom is -0.340 e. The van der Waals surface area contributed by atoms with Crippen molar-refractivity contribution in [1.29, 1.82) is 0 Å². The fraction of sp³-hybridized carbons (Fsp3) is 0.167. The first kappa shape index (κ1) is 15.7. The van der Waals surface area contributed by atoms with Crippen molar-refractivity contribution in [3.05, 3.63) is 59.9 Å². The molecule has 6 heteroatoms. The maximum absolute atomic E-state index is 12.3. The molecule has 1 heterocycles. The van der Waals surface area contributed by atoms with Gasteiger partial charge in [-0.2, -0.15) is 0 Å². The Morgan fingerprint density at radius 1 is 1.17 bits per heavy atom. The molecule has 0 fully saturated rings. The summed E-state index contributed by atoms with van der Waals surface area (Å²) in [6, 6.07) is 14.3. The van der Waals surface area contributed by atoms with E-state index in [0.29, 0.717) is 23.6 Å². The van der Waals surface area contributed by atoms with Gasteiger partial charge >= 0.3 is 6.03 Å². The van der Waals surface area contributed by atoms with Crippen LogP contribution < -0.4 is 5.32 Å². The average Bonchev–Trinajstić information content (AvgIpc) is 2.97. The molecule has 0 atom stereocenters. The second-order valence-electron chi connectivity index (χ2n) is 5.62. The molecule has 122 valence electrons. The van der Waals surface area contributed by atoms with E-state index in [1.54, 1.807) is 31.3 Å². The molecule has 0 unspecified atom stereocenters. The van der Waals surface area contributed by atoms with Gasteiger partial charge < -0.3 is 15.2 Å². The second-order valence-corrected chi connectivity index (χ2v) is 5.62. The number of H-pyrrole nitrogens is 1. The van der Waals surface area contributed by atoms with Crippen LogP contribution in [0.15, 0.2) is 48.5 Å². The molecule has 2 amide bonds. The van der Waals surface area contributed by atoms with Crippen molar-refractivity contribution < 1.29 is 9.59 Å². The number of hydrogen-bond acceptors (Lipinski definition) is 3. The first-order valence-corrected chi connectivity index (χ1v) is 7.59. The van der Waals surface area contributed by atoms with Crippen LogP contribution in [0.3, 0.4) is 0 Å². The van der Waals surface area contributed by atoms with Gasteiger partial charge in [-0.05, 0) is 31.2 Å². The zero-order valence-electron chi connectivity index (χ0n) is 13.5. The number of urea groups is 1. The van der Waals surface area contributed by atoms with Gasteiger partial charge in [0.1, 0.15) is 5.82 Å². The number of nitrogens with one attached hydrogen (secondary N) is 2. The molecular weight excluding hydrogens is 304 g/mol. The van der Waals surface area contributed by atoms with Gasteiger partial charge in [-0.25, -0.2) is 9.78 Å². The van der Waals surface area contributed by atoms with Crippen LogP contribution in [-0.2, 0) is 6.54 Å². The highest BCUT2D eigenvalue weighted by atomic mass is 16.2. The van der Waals surface area contributed by atoms with E-state index in [1.165, 1.54) is 11.8 Å². The molecule has 2 aromatic carbocycles. The first-order valence-electron chi connectivity index (χ1n) is 7.59. The van der Waals surface area contributed by atoms with E-state index in [-0.39, 0.29) is 11.8 Å². The molecule has 0 radical (unpaired) electrons. The fourth-order valence-corrected chi connectivity index (χ4v) is 2.41. The number of amides is 2. The van der Waals surface area contributed by atoms with Crippen LogP contribution in [0.2, 0.25) is 0 Å². The Balaban J connectivity index is 1.68. The van der Waals surface area contributed by atoms with Gasteiger partial charge in [0, 0.05) is 18.3 Å². The number of imidazole rings is 1. The highest BCUT2D eigenvalue weighted by Crippen LogP contribution is 2.14. The van der Waals surface area contributed by atoms with Gasteiger partial charge in [0.25, 0.3) is 0 Å². The lowest BCUT2D eigenvalue weighted by atomic mass is 10.1. The Morgan fingerprint density at radius 3 is 2.71 bits per heavy atom. The molecule has 3 rings (SSSR count). The third kappa shape index (κ3) is 3.43.